The zero-order chi connectivity index (χ0) is 17.8. The molecule has 0 saturated heterocycles. The molecule has 1 aromatic heterocycles. The molecule has 132 valence electrons. The number of rotatable bonds is 5. The van der Waals surface area contributed by atoms with Crippen LogP contribution in [0, 0.1) is 0 Å². The zero-order valence-corrected chi connectivity index (χ0v) is 14.5. The minimum Gasteiger partial charge on any atom is -0.486 e. The standard InChI is InChI=1S/C22H21NO3/c24-15-20(17-4-2-1-3-5-17)11-16-10-19(14-23-13-16)18-6-7-21-22(12-18)26-9-8-25-21/h1-7,10,12-14,20,24H,8-9,11,15H2/t20-/m0/s1. The Morgan fingerprint density at radius 2 is 1.69 bits per heavy atom. The molecule has 4 rings (SSSR count). The molecule has 2 heterocycles. The predicted octanol–water partition coefficient (Wildman–Crippen LogP) is 3.84. The first kappa shape index (κ1) is 16.6. The SMILES string of the molecule is OC[C@H](Cc1cncc(-c2ccc3c(c2)OCCO3)c1)c1ccccc1. The summed E-state index contributed by atoms with van der Waals surface area (Å²) in [6.07, 6.45) is 4.46. The molecular weight excluding hydrogens is 326 g/mol. The molecule has 0 spiro atoms. The number of pyridine rings is 1. The fourth-order valence-corrected chi connectivity index (χ4v) is 3.28. The van der Waals surface area contributed by atoms with Gasteiger partial charge in [0.1, 0.15) is 13.2 Å². The van der Waals surface area contributed by atoms with Crippen molar-refractivity contribution >= 4 is 0 Å². The van der Waals surface area contributed by atoms with Crippen molar-refractivity contribution in [1.82, 2.24) is 4.98 Å². The van der Waals surface area contributed by atoms with Gasteiger partial charge in [0.15, 0.2) is 11.5 Å². The van der Waals surface area contributed by atoms with Crippen molar-refractivity contribution in [2.45, 2.75) is 12.3 Å². The first-order valence-corrected chi connectivity index (χ1v) is 8.83. The number of hydrogen-bond acceptors (Lipinski definition) is 4. The Bertz CT molecular complexity index is 880. The van der Waals surface area contributed by atoms with Crippen molar-refractivity contribution in [3.8, 4) is 22.6 Å². The molecule has 1 aliphatic heterocycles. The minimum absolute atomic E-state index is 0.0634. The Morgan fingerprint density at radius 3 is 2.50 bits per heavy atom. The second-order valence-corrected chi connectivity index (χ2v) is 6.43. The van der Waals surface area contributed by atoms with Gasteiger partial charge in [0.05, 0.1) is 6.61 Å². The number of hydrogen-bond donors (Lipinski definition) is 1. The number of aliphatic hydroxyl groups excluding tert-OH is 1. The average molecular weight is 347 g/mol. The number of aromatic nitrogens is 1. The molecule has 2 aromatic carbocycles. The number of aliphatic hydroxyl groups is 1. The Kier molecular flexibility index (Phi) is 4.84. The summed E-state index contributed by atoms with van der Waals surface area (Å²) in [5.74, 6) is 1.62. The van der Waals surface area contributed by atoms with Crippen LogP contribution < -0.4 is 9.47 Å². The molecule has 26 heavy (non-hydrogen) atoms. The van der Waals surface area contributed by atoms with E-state index in [0.717, 1.165) is 40.2 Å². The summed E-state index contributed by atoms with van der Waals surface area (Å²) in [5.41, 5.74) is 4.31. The van der Waals surface area contributed by atoms with Crippen LogP contribution in [-0.4, -0.2) is 29.9 Å². The summed E-state index contributed by atoms with van der Waals surface area (Å²) in [5, 5.41) is 9.81. The van der Waals surface area contributed by atoms with Crippen molar-refractivity contribution in [3.63, 3.8) is 0 Å². The van der Waals surface area contributed by atoms with Gasteiger partial charge in [-0.25, -0.2) is 0 Å². The maximum absolute atomic E-state index is 9.81. The van der Waals surface area contributed by atoms with Crippen LogP contribution in [0.3, 0.4) is 0 Å². The fourth-order valence-electron chi connectivity index (χ4n) is 3.28. The third-order valence-corrected chi connectivity index (χ3v) is 4.64. The lowest BCUT2D eigenvalue weighted by atomic mass is 9.92. The van der Waals surface area contributed by atoms with Gasteiger partial charge in [0.2, 0.25) is 0 Å². The summed E-state index contributed by atoms with van der Waals surface area (Å²) in [4.78, 5) is 4.40. The average Bonchev–Trinajstić information content (AvgIpc) is 2.72. The number of ether oxygens (including phenoxy) is 2. The summed E-state index contributed by atoms with van der Waals surface area (Å²) in [6, 6.07) is 18.2. The Hall–Kier alpha value is -2.85. The molecule has 1 N–H and O–H groups in total. The van der Waals surface area contributed by atoms with Gasteiger partial charge in [-0.2, -0.15) is 0 Å². The van der Waals surface area contributed by atoms with Gasteiger partial charge in [-0.3, -0.25) is 4.98 Å². The van der Waals surface area contributed by atoms with Crippen molar-refractivity contribution in [1.29, 1.82) is 0 Å². The highest BCUT2D eigenvalue weighted by molar-refractivity contribution is 5.67. The molecule has 0 unspecified atom stereocenters. The van der Waals surface area contributed by atoms with Crippen molar-refractivity contribution in [2.75, 3.05) is 19.8 Å². The third-order valence-electron chi connectivity index (χ3n) is 4.64. The van der Waals surface area contributed by atoms with Crippen LogP contribution in [0.2, 0.25) is 0 Å². The molecule has 0 fully saturated rings. The lowest BCUT2D eigenvalue weighted by Crippen LogP contribution is -2.15. The van der Waals surface area contributed by atoms with Gasteiger partial charge in [-0.05, 0) is 41.3 Å². The highest BCUT2D eigenvalue weighted by atomic mass is 16.6. The van der Waals surface area contributed by atoms with Crippen molar-refractivity contribution in [2.24, 2.45) is 0 Å². The zero-order valence-electron chi connectivity index (χ0n) is 14.5. The third kappa shape index (κ3) is 3.55. The van der Waals surface area contributed by atoms with E-state index >= 15 is 0 Å². The van der Waals surface area contributed by atoms with Gasteiger partial charge in [0.25, 0.3) is 0 Å². The number of fused-ring (bicyclic) bond motifs is 1. The van der Waals surface area contributed by atoms with Gasteiger partial charge in [-0.1, -0.05) is 36.4 Å². The molecule has 0 bridgehead atoms. The van der Waals surface area contributed by atoms with Crippen molar-refractivity contribution < 1.29 is 14.6 Å². The van der Waals surface area contributed by atoms with Crippen LogP contribution in [0.4, 0.5) is 0 Å². The van der Waals surface area contributed by atoms with Crippen LogP contribution in [0.5, 0.6) is 11.5 Å². The molecule has 0 amide bonds. The van der Waals surface area contributed by atoms with E-state index in [1.807, 2.05) is 48.8 Å². The second-order valence-electron chi connectivity index (χ2n) is 6.43. The molecule has 0 radical (unpaired) electrons. The normalized spacial score (nSPS) is 14.0. The molecule has 4 heteroatoms. The summed E-state index contributed by atoms with van der Waals surface area (Å²) >= 11 is 0. The van der Waals surface area contributed by atoms with Crippen LogP contribution in [0.25, 0.3) is 11.1 Å². The highest BCUT2D eigenvalue weighted by Gasteiger charge is 2.14. The maximum atomic E-state index is 9.81. The summed E-state index contributed by atoms with van der Waals surface area (Å²) in [6.45, 7) is 1.27. The molecule has 4 nitrogen and oxygen atoms in total. The topological polar surface area (TPSA) is 51.6 Å². The van der Waals surface area contributed by atoms with Gasteiger partial charge in [-0.15, -0.1) is 0 Å². The molecule has 1 aliphatic rings. The molecule has 3 aromatic rings. The van der Waals surface area contributed by atoms with E-state index in [-0.39, 0.29) is 12.5 Å². The van der Waals surface area contributed by atoms with E-state index in [0.29, 0.717) is 13.2 Å². The molecule has 0 saturated carbocycles. The van der Waals surface area contributed by atoms with E-state index < -0.39 is 0 Å². The second kappa shape index (κ2) is 7.58. The van der Waals surface area contributed by atoms with Crippen LogP contribution in [0.15, 0.2) is 67.0 Å². The highest BCUT2D eigenvalue weighted by Crippen LogP contribution is 2.34. The van der Waals surface area contributed by atoms with E-state index in [4.69, 9.17) is 9.47 Å². The summed E-state index contributed by atoms with van der Waals surface area (Å²) in [7, 11) is 0. The molecule has 0 aliphatic carbocycles. The van der Waals surface area contributed by atoms with E-state index in [9.17, 15) is 5.11 Å². The summed E-state index contributed by atoms with van der Waals surface area (Å²) < 4.78 is 11.3. The first-order chi connectivity index (χ1) is 12.8. The van der Waals surface area contributed by atoms with Gasteiger partial charge >= 0.3 is 0 Å². The smallest absolute Gasteiger partial charge is 0.161 e. The predicted molar refractivity (Wildman–Crippen MR) is 101 cm³/mol. The van der Waals surface area contributed by atoms with Crippen molar-refractivity contribution in [3.05, 3.63) is 78.1 Å². The van der Waals surface area contributed by atoms with Gasteiger partial charge < -0.3 is 14.6 Å². The van der Waals surface area contributed by atoms with Crippen LogP contribution in [0.1, 0.15) is 17.0 Å². The fraction of sp³-hybridized carbons (Fsp3) is 0.227. The largest absolute Gasteiger partial charge is 0.486 e. The van der Waals surface area contributed by atoms with E-state index in [2.05, 4.69) is 23.2 Å². The Labute approximate surface area is 153 Å². The molecule has 1 atom stereocenters. The van der Waals surface area contributed by atoms with E-state index in [1.54, 1.807) is 0 Å². The minimum atomic E-state index is 0.0634. The van der Waals surface area contributed by atoms with E-state index in [1.165, 1.54) is 0 Å². The lowest BCUT2D eigenvalue weighted by molar-refractivity contribution is 0.171. The van der Waals surface area contributed by atoms with Gasteiger partial charge in [0, 0.05) is 23.9 Å². The number of nitrogens with zero attached hydrogens (tertiary/aromatic N) is 1. The Morgan fingerprint density at radius 1 is 0.885 bits per heavy atom. The first-order valence-electron chi connectivity index (χ1n) is 8.83. The molecular formula is C22H21NO3. The van der Waals surface area contributed by atoms with Crippen LogP contribution >= 0.6 is 0 Å². The number of benzene rings is 2. The monoisotopic (exact) mass is 347 g/mol. The lowest BCUT2D eigenvalue weighted by Gasteiger charge is -2.19. The van der Waals surface area contributed by atoms with Crippen LogP contribution in [-0.2, 0) is 6.42 Å². The quantitative estimate of drug-likeness (QED) is 0.762. The maximum Gasteiger partial charge on any atom is 0.161 e. The Balaban J connectivity index is 1.58.